The van der Waals surface area contributed by atoms with E-state index in [1.807, 2.05) is 0 Å². The van der Waals surface area contributed by atoms with E-state index in [1.54, 1.807) is 12.0 Å². The van der Waals surface area contributed by atoms with Crippen molar-refractivity contribution in [3.8, 4) is 6.07 Å². The first-order chi connectivity index (χ1) is 10.6. The van der Waals surface area contributed by atoms with Crippen LogP contribution in [0.2, 0.25) is 0 Å². The Hall–Kier alpha value is -1.12. The highest BCUT2D eigenvalue weighted by Crippen LogP contribution is 2.55. The lowest BCUT2D eigenvalue weighted by atomic mass is 9.53. The molecule has 4 aliphatic carbocycles. The van der Waals surface area contributed by atoms with Crippen molar-refractivity contribution in [2.75, 3.05) is 20.2 Å². The quantitative estimate of drug-likeness (QED) is 0.850. The van der Waals surface area contributed by atoms with Gasteiger partial charge in [-0.05, 0) is 56.3 Å². The van der Waals surface area contributed by atoms with Gasteiger partial charge in [0, 0.05) is 12.6 Å². The maximum absolute atomic E-state index is 12.4. The summed E-state index contributed by atoms with van der Waals surface area (Å²) in [5.74, 6) is 2.68. The molecule has 0 aromatic carbocycles. The van der Waals surface area contributed by atoms with Crippen molar-refractivity contribution < 1.29 is 9.53 Å². The Morgan fingerprint density at radius 1 is 1.27 bits per heavy atom. The van der Waals surface area contributed by atoms with Gasteiger partial charge < -0.3 is 15.0 Å². The molecule has 5 aliphatic rings. The number of hydrogen-bond donors (Lipinski definition) is 1. The first-order valence-corrected chi connectivity index (χ1v) is 8.59. The molecule has 1 heterocycles. The van der Waals surface area contributed by atoms with Crippen LogP contribution < -0.4 is 5.32 Å². The Labute approximate surface area is 132 Å². The highest BCUT2D eigenvalue weighted by molar-refractivity contribution is 5.80. The zero-order chi connectivity index (χ0) is 15.3. The largest absolute Gasteiger partial charge is 0.376 e. The molecule has 1 N–H and O–H groups in total. The second-order valence-corrected chi connectivity index (χ2v) is 7.95. The molecule has 22 heavy (non-hydrogen) atoms. The number of rotatable bonds is 4. The predicted octanol–water partition coefficient (Wildman–Crippen LogP) is 1.29. The molecular weight excluding hydrogens is 278 g/mol. The van der Waals surface area contributed by atoms with Gasteiger partial charge in [0.1, 0.15) is 12.1 Å². The van der Waals surface area contributed by atoms with E-state index in [9.17, 15) is 4.79 Å². The molecule has 120 valence electrons. The van der Waals surface area contributed by atoms with Crippen LogP contribution in [0.4, 0.5) is 0 Å². The molecule has 4 saturated carbocycles. The SMILES string of the molecule is COC1CN(C(=O)CNC23CC4CC(CC(C4)C2)C3)C1C#N. The lowest BCUT2D eigenvalue weighted by molar-refractivity contribution is -0.148. The molecule has 0 spiro atoms. The van der Waals surface area contributed by atoms with Crippen molar-refractivity contribution >= 4 is 5.91 Å². The van der Waals surface area contributed by atoms with E-state index in [-0.39, 0.29) is 17.6 Å². The number of carbonyl (C=O) groups is 1. The third kappa shape index (κ3) is 2.24. The van der Waals surface area contributed by atoms with Crippen molar-refractivity contribution in [3.63, 3.8) is 0 Å². The Morgan fingerprint density at radius 2 is 1.86 bits per heavy atom. The summed E-state index contributed by atoms with van der Waals surface area (Å²) < 4.78 is 5.21. The molecule has 1 saturated heterocycles. The fourth-order valence-corrected chi connectivity index (χ4v) is 5.78. The van der Waals surface area contributed by atoms with Crippen LogP contribution in [-0.2, 0) is 9.53 Å². The Morgan fingerprint density at radius 3 is 2.36 bits per heavy atom. The summed E-state index contributed by atoms with van der Waals surface area (Å²) in [6, 6.07) is 1.77. The van der Waals surface area contributed by atoms with Gasteiger partial charge in [0.2, 0.25) is 5.91 Å². The van der Waals surface area contributed by atoms with E-state index in [0.717, 1.165) is 17.8 Å². The minimum absolute atomic E-state index is 0.0515. The second-order valence-electron chi connectivity index (χ2n) is 7.95. The molecule has 1 amide bonds. The number of carbonyl (C=O) groups excluding carboxylic acids is 1. The first kappa shape index (κ1) is 14.5. The van der Waals surface area contributed by atoms with E-state index in [1.165, 1.54) is 38.5 Å². The number of nitrogens with zero attached hydrogens (tertiary/aromatic N) is 2. The van der Waals surface area contributed by atoms with Gasteiger partial charge in [-0.15, -0.1) is 0 Å². The number of likely N-dealkylation sites (tertiary alicyclic amines) is 1. The zero-order valence-corrected chi connectivity index (χ0v) is 13.3. The lowest BCUT2D eigenvalue weighted by Gasteiger charge is -2.57. The van der Waals surface area contributed by atoms with E-state index < -0.39 is 6.04 Å². The predicted molar refractivity (Wildman–Crippen MR) is 80.8 cm³/mol. The molecule has 5 fully saturated rings. The summed E-state index contributed by atoms with van der Waals surface area (Å²) in [4.78, 5) is 14.1. The summed E-state index contributed by atoms with van der Waals surface area (Å²) in [5, 5.41) is 12.8. The van der Waals surface area contributed by atoms with Crippen molar-refractivity contribution in [2.45, 2.75) is 56.2 Å². The highest BCUT2D eigenvalue weighted by Gasteiger charge is 2.51. The summed E-state index contributed by atoms with van der Waals surface area (Å²) in [7, 11) is 1.60. The molecule has 0 radical (unpaired) electrons. The van der Waals surface area contributed by atoms with Gasteiger partial charge in [-0.1, -0.05) is 0 Å². The maximum Gasteiger partial charge on any atom is 0.237 e. The third-order valence-electron chi connectivity index (χ3n) is 6.47. The smallest absolute Gasteiger partial charge is 0.237 e. The Kier molecular flexibility index (Phi) is 3.43. The van der Waals surface area contributed by atoms with Gasteiger partial charge in [-0.2, -0.15) is 5.26 Å². The van der Waals surface area contributed by atoms with Crippen LogP contribution >= 0.6 is 0 Å². The summed E-state index contributed by atoms with van der Waals surface area (Å²) in [6.45, 7) is 0.927. The third-order valence-corrected chi connectivity index (χ3v) is 6.47. The first-order valence-electron chi connectivity index (χ1n) is 8.59. The summed E-state index contributed by atoms with van der Waals surface area (Å²) >= 11 is 0. The lowest BCUT2D eigenvalue weighted by Crippen LogP contribution is -2.65. The molecular formula is C17H25N3O2. The van der Waals surface area contributed by atoms with Crippen LogP contribution in [-0.4, -0.2) is 48.7 Å². The van der Waals surface area contributed by atoms with E-state index in [0.29, 0.717) is 13.1 Å². The number of nitriles is 1. The number of ether oxygens (including phenoxy) is 1. The molecule has 4 bridgehead atoms. The molecule has 1 aliphatic heterocycles. The number of hydrogen-bond acceptors (Lipinski definition) is 4. The summed E-state index contributed by atoms with van der Waals surface area (Å²) in [5.41, 5.74) is 0.206. The molecule has 5 rings (SSSR count). The van der Waals surface area contributed by atoms with Crippen molar-refractivity contribution in [2.24, 2.45) is 17.8 Å². The van der Waals surface area contributed by atoms with E-state index in [2.05, 4.69) is 11.4 Å². The minimum Gasteiger partial charge on any atom is -0.376 e. The van der Waals surface area contributed by atoms with Crippen molar-refractivity contribution in [1.29, 1.82) is 5.26 Å². The van der Waals surface area contributed by atoms with Gasteiger partial charge in [0.25, 0.3) is 0 Å². The highest BCUT2D eigenvalue weighted by atomic mass is 16.5. The maximum atomic E-state index is 12.4. The Balaban J connectivity index is 1.35. The zero-order valence-electron chi connectivity index (χ0n) is 13.3. The average Bonchev–Trinajstić information content (AvgIpc) is 2.44. The van der Waals surface area contributed by atoms with Crippen molar-refractivity contribution in [1.82, 2.24) is 10.2 Å². The Bertz CT molecular complexity index is 477. The molecule has 5 nitrogen and oxygen atoms in total. The van der Waals surface area contributed by atoms with Gasteiger partial charge in [-0.3, -0.25) is 4.79 Å². The van der Waals surface area contributed by atoms with Crippen LogP contribution in [0.5, 0.6) is 0 Å². The molecule has 0 aromatic rings. The topological polar surface area (TPSA) is 65.4 Å². The molecule has 5 heteroatoms. The number of methoxy groups -OCH3 is 1. The van der Waals surface area contributed by atoms with Crippen LogP contribution in [0.15, 0.2) is 0 Å². The van der Waals surface area contributed by atoms with Gasteiger partial charge in [0.05, 0.1) is 19.2 Å². The van der Waals surface area contributed by atoms with E-state index in [4.69, 9.17) is 10.00 Å². The number of amides is 1. The fourth-order valence-electron chi connectivity index (χ4n) is 5.78. The van der Waals surface area contributed by atoms with Gasteiger partial charge in [-0.25, -0.2) is 0 Å². The molecule has 2 unspecified atom stereocenters. The van der Waals surface area contributed by atoms with Crippen molar-refractivity contribution in [3.05, 3.63) is 0 Å². The number of nitrogens with one attached hydrogen (secondary N) is 1. The standard InChI is InChI=1S/C17H25N3O2/c1-22-15-10-20(14(15)8-18)16(21)9-19-17-5-11-2-12(6-17)4-13(3-11)7-17/h11-15,19H,2-7,9-10H2,1H3. The normalized spacial score (nSPS) is 45.5. The van der Waals surface area contributed by atoms with Gasteiger partial charge in [0.15, 0.2) is 0 Å². The molecule has 0 aromatic heterocycles. The van der Waals surface area contributed by atoms with Crippen LogP contribution in [0, 0.1) is 29.1 Å². The second kappa shape index (κ2) is 5.21. The van der Waals surface area contributed by atoms with Gasteiger partial charge >= 0.3 is 0 Å². The fraction of sp³-hybridized carbons (Fsp3) is 0.882. The minimum atomic E-state index is -0.407. The van der Waals surface area contributed by atoms with E-state index >= 15 is 0 Å². The average molecular weight is 303 g/mol. The van der Waals surface area contributed by atoms with Crippen LogP contribution in [0.1, 0.15) is 38.5 Å². The monoisotopic (exact) mass is 303 g/mol. The molecule has 2 atom stereocenters. The van der Waals surface area contributed by atoms with Crippen LogP contribution in [0.25, 0.3) is 0 Å². The summed E-state index contributed by atoms with van der Waals surface area (Å²) in [6.07, 6.45) is 7.85. The van der Waals surface area contributed by atoms with Crippen LogP contribution in [0.3, 0.4) is 0 Å².